The molecule has 0 aromatic heterocycles. The number of hydrogen-bond donors (Lipinski definition) is 0. The Morgan fingerprint density at radius 2 is 0.450 bits per heavy atom. The number of nitrogens with zero attached hydrogens (tertiary/aromatic N) is 8. The maximum atomic E-state index is 9.05. The maximum Gasteiger partial charge on any atom is 1.00 e. The van der Waals surface area contributed by atoms with Crippen molar-refractivity contribution in [1.29, 1.82) is 42.1 Å². The zero-order chi connectivity index (χ0) is 14.0. The number of hydrogen-bond acceptors (Lipinski definition) is 8. The largest absolute Gasteiger partial charge is 1.00 e. The molecule has 0 unspecified atom stereocenters. The fraction of sp³-hybridized carbons (Fsp3) is 0. The van der Waals surface area contributed by atoms with Gasteiger partial charge in [-0.25, -0.2) is 0 Å². The van der Waals surface area contributed by atoms with Crippen LogP contribution in [0.25, 0.3) is 0 Å². The van der Waals surface area contributed by atoms with Gasteiger partial charge in [0.15, 0.2) is 0 Å². The first kappa shape index (κ1) is 27.9. The van der Waals surface area contributed by atoms with Gasteiger partial charge in [0.2, 0.25) is 0 Å². The van der Waals surface area contributed by atoms with E-state index in [-0.39, 0.29) is 88.7 Å². The average Bonchev–Trinajstić information content (AvgIpc) is 2.48. The summed E-state index contributed by atoms with van der Waals surface area (Å²) < 4.78 is 5.26. The smallest absolute Gasteiger partial charge is 1.00 e. The third-order valence-corrected chi connectivity index (χ3v) is 15.1. The molecular weight excluding hydrogens is 373 g/mol. The number of nitriles is 8. The second-order valence-electron chi connectivity index (χ2n) is 3.59. The molecule has 12 heteroatoms. The molecule has 0 saturated carbocycles. The second-order valence-corrected chi connectivity index (χ2v) is 21.2. The predicted octanol–water partition coefficient (Wildman–Crippen LogP) is -8.86. The first-order valence-electron chi connectivity index (χ1n) is 3.42. The Labute approximate surface area is 174 Å². The van der Waals surface area contributed by atoms with Gasteiger partial charge in [0.05, 0.1) is 0 Å². The first-order chi connectivity index (χ1) is 7.66. The van der Waals surface area contributed by atoms with E-state index in [2.05, 4.69) is 0 Å². The molecule has 0 fully saturated rings. The van der Waals surface area contributed by atoms with E-state index < -0.39 is 11.1 Å². The molecular formula is C8MoN8Na3. The van der Waals surface area contributed by atoms with Gasteiger partial charge in [-0.15, -0.1) is 0 Å². The van der Waals surface area contributed by atoms with Crippen LogP contribution in [0.15, 0.2) is 0 Å². The zero-order valence-corrected chi connectivity index (χ0v) is 19.0. The van der Waals surface area contributed by atoms with Crippen molar-refractivity contribution in [3.63, 3.8) is 0 Å². The Bertz CT molecular complexity index is 629. The van der Waals surface area contributed by atoms with E-state index in [1.54, 1.807) is 0 Å². The normalized spacial score (nSPS) is 14.8. The van der Waals surface area contributed by atoms with Crippen molar-refractivity contribution in [3.8, 4) is 35.7 Å². The topological polar surface area (TPSA) is 190 Å². The van der Waals surface area contributed by atoms with Gasteiger partial charge in [0, 0.05) is 0 Å². The van der Waals surface area contributed by atoms with Crippen molar-refractivity contribution in [2.75, 3.05) is 0 Å². The molecule has 0 atom stereocenters. The van der Waals surface area contributed by atoms with Gasteiger partial charge in [-0.3, -0.25) is 0 Å². The molecule has 0 bridgehead atoms. The third-order valence-electron chi connectivity index (χ3n) is 2.56. The van der Waals surface area contributed by atoms with E-state index in [9.17, 15) is 0 Å². The van der Waals surface area contributed by atoms with E-state index in [1.807, 2.05) is 0 Å². The van der Waals surface area contributed by atoms with E-state index in [0.29, 0.717) is 35.7 Å². The Kier molecular flexibility index (Phi) is 6.34. The monoisotopic (exact) mass is 375 g/mol. The molecule has 0 amide bonds. The van der Waals surface area contributed by atoms with Crippen LogP contribution in [0.3, 0.4) is 0 Å². The SMILES string of the molecule is N#[C][Mo-3]([C]#N)([C]#N)([C]#N)([C]#N)([C]#N)([C]#N)[C]#N.[Na+].[Na+].[Na+]. The van der Waals surface area contributed by atoms with Crippen LogP contribution in [0, 0.1) is 77.8 Å². The van der Waals surface area contributed by atoms with Crippen molar-refractivity contribution in [1.82, 2.24) is 0 Å². The molecule has 0 aliphatic rings. The summed E-state index contributed by atoms with van der Waals surface area (Å²) >= 11 is -9.38. The van der Waals surface area contributed by atoms with Crippen LogP contribution in [0.4, 0.5) is 0 Å². The van der Waals surface area contributed by atoms with E-state index >= 15 is 0 Å². The Hall–Kier alpha value is -0.392. The molecule has 0 aromatic carbocycles. The quantitative estimate of drug-likeness (QED) is 0.374. The van der Waals surface area contributed by atoms with Gasteiger partial charge in [-0.05, 0) is 0 Å². The summed E-state index contributed by atoms with van der Waals surface area (Å²) in [7, 11) is 0. The van der Waals surface area contributed by atoms with E-state index in [4.69, 9.17) is 42.1 Å². The van der Waals surface area contributed by atoms with Crippen molar-refractivity contribution >= 4 is 0 Å². The minimum atomic E-state index is -9.38. The summed E-state index contributed by atoms with van der Waals surface area (Å²) in [4.78, 5) is 0. The fourth-order valence-corrected chi connectivity index (χ4v) is 3.38. The number of rotatable bonds is 0. The molecule has 0 aliphatic heterocycles. The minimum Gasteiger partial charge on any atom is 1.00 e. The Morgan fingerprint density at radius 3 is 0.450 bits per heavy atom. The van der Waals surface area contributed by atoms with Gasteiger partial charge < -0.3 is 0 Å². The molecule has 0 saturated heterocycles. The Morgan fingerprint density at radius 1 is 0.350 bits per heavy atom. The summed E-state index contributed by atoms with van der Waals surface area (Å²) in [5.41, 5.74) is 0. The van der Waals surface area contributed by atoms with Crippen LogP contribution >= 0.6 is 0 Å². The summed E-state index contributed by atoms with van der Waals surface area (Å²) in [5.74, 6) is 0. The molecule has 81 valence electrons. The van der Waals surface area contributed by atoms with Crippen LogP contribution in [0.2, 0.25) is 0 Å². The van der Waals surface area contributed by atoms with Crippen molar-refractivity contribution < 1.29 is 99.7 Å². The van der Waals surface area contributed by atoms with Gasteiger partial charge in [0.1, 0.15) is 0 Å². The second kappa shape index (κ2) is 4.55. The molecule has 8 nitrogen and oxygen atoms in total. The van der Waals surface area contributed by atoms with Crippen LogP contribution < -0.4 is 88.7 Å². The van der Waals surface area contributed by atoms with Crippen molar-refractivity contribution in [3.05, 3.63) is 0 Å². The molecule has 0 heterocycles. The summed E-state index contributed by atoms with van der Waals surface area (Å²) in [5, 5.41) is 72.4. The predicted molar refractivity (Wildman–Crippen MR) is 44.9 cm³/mol. The molecule has 0 radical (unpaired) electrons. The standard InChI is InChI=1S/8CN.Mo.3Na/c8*1-2;;;;/q;;;;;;;;-3;3*+1. The van der Waals surface area contributed by atoms with Gasteiger partial charge >= 0.3 is 177 Å². The van der Waals surface area contributed by atoms with Gasteiger partial charge in [-0.1, -0.05) is 0 Å². The van der Waals surface area contributed by atoms with E-state index in [0.717, 1.165) is 0 Å². The Balaban J connectivity index is -0.000000427. The van der Waals surface area contributed by atoms with Gasteiger partial charge in [-0.2, -0.15) is 0 Å². The average molecular weight is 373 g/mol. The first-order valence-corrected chi connectivity index (χ1v) is 11.4. The fourth-order valence-electron chi connectivity index (χ4n) is 0.572. The molecule has 0 spiro atoms. The summed E-state index contributed by atoms with van der Waals surface area (Å²) in [6.07, 6.45) is 0. The molecule has 0 rings (SSSR count). The van der Waals surface area contributed by atoms with E-state index in [1.165, 1.54) is 0 Å². The van der Waals surface area contributed by atoms with Crippen LogP contribution in [-0.4, -0.2) is 0 Å². The minimum absolute atomic E-state index is 0. The van der Waals surface area contributed by atoms with Crippen LogP contribution in [0.1, 0.15) is 0 Å². The van der Waals surface area contributed by atoms with Crippen LogP contribution in [0.5, 0.6) is 0 Å². The van der Waals surface area contributed by atoms with Crippen molar-refractivity contribution in [2.24, 2.45) is 0 Å². The van der Waals surface area contributed by atoms with Gasteiger partial charge in [0.25, 0.3) is 0 Å². The molecule has 20 heavy (non-hydrogen) atoms. The molecule has 0 aliphatic carbocycles. The third kappa shape index (κ3) is 1.57. The summed E-state index contributed by atoms with van der Waals surface area (Å²) in [6, 6.07) is 0. The van der Waals surface area contributed by atoms with Crippen molar-refractivity contribution in [2.45, 2.75) is 0 Å². The zero-order valence-electron chi connectivity index (χ0n) is 11.0. The molecule has 0 N–H and O–H groups in total. The maximum absolute atomic E-state index is 9.38. The summed E-state index contributed by atoms with van der Waals surface area (Å²) in [6.45, 7) is 0. The van der Waals surface area contributed by atoms with Crippen LogP contribution in [-0.2, 0) is 11.1 Å². The molecule has 0 aromatic rings.